The number of hydrogen-bond donors (Lipinski definition) is 1. The van der Waals surface area contributed by atoms with Crippen molar-refractivity contribution in [1.29, 1.82) is 0 Å². The molecular weight excluding hydrogens is 164 g/mol. The third kappa shape index (κ3) is 2.84. The van der Waals surface area contributed by atoms with Gasteiger partial charge in [0.2, 0.25) is 0 Å². The van der Waals surface area contributed by atoms with E-state index < -0.39 is 5.97 Å². The lowest BCUT2D eigenvalue weighted by atomic mass is 10.1. The van der Waals surface area contributed by atoms with E-state index in [1.807, 2.05) is 0 Å². The van der Waals surface area contributed by atoms with Crippen LogP contribution in [0.5, 0.6) is 0 Å². The number of carboxylic acids is 1. The van der Waals surface area contributed by atoms with Crippen LogP contribution in [0.2, 0.25) is 0 Å². The number of carbonyl (C=O) groups is 1. The second kappa shape index (κ2) is 4.13. The van der Waals surface area contributed by atoms with Crippen molar-refractivity contribution in [3.8, 4) is 12.3 Å². The van der Waals surface area contributed by atoms with Crippen molar-refractivity contribution in [2.75, 3.05) is 0 Å². The van der Waals surface area contributed by atoms with E-state index in [1.165, 1.54) is 6.08 Å². The Balaban J connectivity index is 2.91. The van der Waals surface area contributed by atoms with Crippen LogP contribution in [0.1, 0.15) is 11.1 Å². The van der Waals surface area contributed by atoms with Gasteiger partial charge in [0.1, 0.15) is 0 Å². The number of benzene rings is 1. The van der Waals surface area contributed by atoms with Gasteiger partial charge < -0.3 is 5.11 Å². The molecule has 1 aromatic carbocycles. The second-order valence-electron chi connectivity index (χ2n) is 2.44. The van der Waals surface area contributed by atoms with E-state index in [0.29, 0.717) is 0 Å². The summed E-state index contributed by atoms with van der Waals surface area (Å²) in [4.78, 5) is 10.2. The highest BCUT2D eigenvalue weighted by Gasteiger charge is 1.90. The Morgan fingerprint density at radius 2 is 2.31 bits per heavy atom. The van der Waals surface area contributed by atoms with Crippen molar-refractivity contribution >= 4 is 12.0 Å². The quantitative estimate of drug-likeness (QED) is 0.545. The van der Waals surface area contributed by atoms with Crippen LogP contribution in [0, 0.1) is 12.3 Å². The molecule has 0 atom stereocenters. The lowest BCUT2D eigenvalue weighted by Crippen LogP contribution is -1.85. The van der Waals surface area contributed by atoms with Crippen LogP contribution in [-0.4, -0.2) is 11.1 Å². The lowest BCUT2D eigenvalue weighted by Gasteiger charge is -1.93. The van der Waals surface area contributed by atoms with E-state index in [-0.39, 0.29) is 0 Å². The first kappa shape index (κ1) is 9.08. The van der Waals surface area contributed by atoms with Gasteiger partial charge in [0.05, 0.1) is 0 Å². The lowest BCUT2D eigenvalue weighted by molar-refractivity contribution is -0.131. The van der Waals surface area contributed by atoms with Crippen molar-refractivity contribution in [2.24, 2.45) is 0 Å². The van der Waals surface area contributed by atoms with Crippen LogP contribution < -0.4 is 0 Å². The molecule has 0 amide bonds. The van der Waals surface area contributed by atoms with Crippen LogP contribution in [0.3, 0.4) is 0 Å². The summed E-state index contributed by atoms with van der Waals surface area (Å²) in [5.41, 5.74) is 1.53. The van der Waals surface area contributed by atoms with E-state index in [9.17, 15) is 4.79 Å². The molecule has 1 aromatic rings. The first-order valence-corrected chi connectivity index (χ1v) is 3.70. The average molecular weight is 172 g/mol. The molecule has 1 rings (SSSR count). The predicted molar refractivity (Wildman–Crippen MR) is 51.0 cm³/mol. The average Bonchev–Trinajstić information content (AvgIpc) is 2.15. The van der Waals surface area contributed by atoms with Crippen LogP contribution in [-0.2, 0) is 4.79 Å². The van der Waals surface area contributed by atoms with Crippen LogP contribution in [0.15, 0.2) is 30.3 Å². The Labute approximate surface area is 76.5 Å². The molecule has 0 aliphatic heterocycles. The molecule has 2 nitrogen and oxygen atoms in total. The van der Waals surface area contributed by atoms with Gasteiger partial charge in [0, 0.05) is 11.6 Å². The fourth-order valence-corrected chi connectivity index (χ4v) is 0.900. The van der Waals surface area contributed by atoms with E-state index in [0.717, 1.165) is 17.2 Å². The third-order valence-corrected chi connectivity index (χ3v) is 1.47. The number of terminal acetylenes is 1. The molecule has 0 bridgehead atoms. The summed E-state index contributed by atoms with van der Waals surface area (Å²) in [6.45, 7) is 0. The van der Waals surface area contributed by atoms with Crippen molar-refractivity contribution < 1.29 is 9.90 Å². The van der Waals surface area contributed by atoms with E-state index in [4.69, 9.17) is 11.5 Å². The minimum atomic E-state index is -0.967. The molecule has 13 heavy (non-hydrogen) atoms. The SMILES string of the molecule is C#Cc1cccc(/C=C/C(=O)O)c1. The largest absolute Gasteiger partial charge is 0.478 e. The molecule has 0 fully saturated rings. The molecule has 0 saturated heterocycles. The standard InChI is InChI=1S/C11H8O2/c1-2-9-4-3-5-10(8-9)6-7-11(12)13/h1,3-8H,(H,12,13)/b7-6+. The fourth-order valence-electron chi connectivity index (χ4n) is 0.900. The maximum absolute atomic E-state index is 10.2. The van der Waals surface area contributed by atoms with Gasteiger partial charge in [0.25, 0.3) is 0 Å². The maximum atomic E-state index is 10.2. The van der Waals surface area contributed by atoms with Crippen molar-refractivity contribution in [2.45, 2.75) is 0 Å². The Kier molecular flexibility index (Phi) is 2.88. The van der Waals surface area contributed by atoms with Gasteiger partial charge in [-0.1, -0.05) is 18.1 Å². The Bertz CT molecular complexity index is 383. The molecule has 0 aromatic heterocycles. The fraction of sp³-hybridized carbons (Fsp3) is 0. The van der Waals surface area contributed by atoms with Crippen LogP contribution in [0.25, 0.3) is 6.08 Å². The van der Waals surface area contributed by atoms with E-state index >= 15 is 0 Å². The van der Waals surface area contributed by atoms with Crippen LogP contribution in [0.4, 0.5) is 0 Å². The molecule has 0 heterocycles. The molecule has 2 heteroatoms. The summed E-state index contributed by atoms with van der Waals surface area (Å²) in [5.74, 6) is 1.51. The third-order valence-electron chi connectivity index (χ3n) is 1.47. The topological polar surface area (TPSA) is 37.3 Å². The number of rotatable bonds is 2. The zero-order valence-electron chi connectivity index (χ0n) is 6.90. The molecule has 0 aliphatic rings. The number of carboxylic acid groups (broad SMARTS) is 1. The molecule has 64 valence electrons. The minimum absolute atomic E-state index is 0.743. The van der Waals surface area contributed by atoms with Crippen molar-refractivity contribution in [3.63, 3.8) is 0 Å². The Morgan fingerprint density at radius 1 is 1.54 bits per heavy atom. The highest BCUT2D eigenvalue weighted by atomic mass is 16.4. The zero-order valence-corrected chi connectivity index (χ0v) is 6.90. The van der Waals surface area contributed by atoms with Crippen LogP contribution >= 0.6 is 0 Å². The molecule has 0 unspecified atom stereocenters. The highest BCUT2D eigenvalue weighted by molar-refractivity contribution is 5.85. The van der Waals surface area contributed by atoms with Crippen molar-refractivity contribution in [1.82, 2.24) is 0 Å². The number of hydrogen-bond acceptors (Lipinski definition) is 1. The molecule has 0 spiro atoms. The first-order valence-electron chi connectivity index (χ1n) is 3.70. The molecule has 0 aliphatic carbocycles. The van der Waals surface area contributed by atoms with Gasteiger partial charge in [-0.3, -0.25) is 0 Å². The smallest absolute Gasteiger partial charge is 0.328 e. The normalized spacial score (nSPS) is 9.77. The van der Waals surface area contributed by atoms with E-state index in [1.54, 1.807) is 24.3 Å². The molecule has 0 saturated carbocycles. The summed E-state index contributed by atoms with van der Waals surface area (Å²) in [5, 5.41) is 8.37. The summed E-state index contributed by atoms with van der Waals surface area (Å²) in [6, 6.07) is 7.12. The summed E-state index contributed by atoms with van der Waals surface area (Å²) in [6.07, 6.45) is 7.77. The maximum Gasteiger partial charge on any atom is 0.328 e. The summed E-state index contributed by atoms with van der Waals surface area (Å²) < 4.78 is 0. The predicted octanol–water partition coefficient (Wildman–Crippen LogP) is 1.77. The van der Waals surface area contributed by atoms with Gasteiger partial charge in [-0.05, 0) is 23.8 Å². The van der Waals surface area contributed by atoms with Gasteiger partial charge in [-0.25, -0.2) is 4.79 Å². The Morgan fingerprint density at radius 3 is 2.92 bits per heavy atom. The first-order chi connectivity index (χ1) is 6.22. The monoisotopic (exact) mass is 172 g/mol. The van der Waals surface area contributed by atoms with Gasteiger partial charge in [-0.2, -0.15) is 0 Å². The molecular formula is C11H8O2. The Hall–Kier alpha value is -2.01. The van der Waals surface area contributed by atoms with Gasteiger partial charge in [0.15, 0.2) is 0 Å². The van der Waals surface area contributed by atoms with Crippen molar-refractivity contribution in [3.05, 3.63) is 41.5 Å². The molecule has 0 radical (unpaired) electrons. The van der Waals surface area contributed by atoms with Gasteiger partial charge in [-0.15, -0.1) is 6.42 Å². The number of aliphatic carboxylic acids is 1. The summed E-state index contributed by atoms with van der Waals surface area (Å²) in [7, 11) is 0. The summed E-state index contributed by atoms with van der Waals surface area (Å²) >= 11 is 0. The minimum Gasteiger partial charge on any atom is -0.478 e. The second-order valence-corrected chi connectivity index (χ2v) is 2.44. The molecule has 1 N–H and O–H groups in total. The van der Waals surface area contributed by atoms with E-state index in [2.05, 4.69) is 5.92 Å². The highest BCUT2D eigenvalue weighted by Crippen LogP contribution is 2.05. The zero-order chi connectivity index (χ0) is 9.68. The van der Waals surface area contributed by atoms with Gasteiger partial charge >= 0.3 is 5.97 Å².